The molecule has 0 radical (unpaired) electrons. The second-order valence-corrected chi connectivity index (χ2v) is 2.65. The lowest BCUT2D eigenvalue weighted by atomic mass is 10.7. The van der Waals surface area contributed by atoms with E-state index in [1.54, 1.807) is 17.8 Å². The highest BCUT2D eigenvalue weighted by atomic mass is 15.4. The van der Waals surface area contributed by atoms with Crippen molar-refractivity contribution in [1.82, 2.24) is 34.8 Å². The first kappa shape index (κ1) is 6.46. The van der Waals surface area contributed by atoms with E-state index >= 15 is 0 Å². The van der Waals surface area contributed by atoms with E-state index in [2.05, 4.69) is 30.2 Å². The first-order chi connectivity index (χ1) is 6.34. The number of imidazole rings is 1. The van der Waals surface area contributed by atoms with Crippen molar-refractivity contribution in [2.24, 2.45) is 0 Å². The van der Waals surface area contributed by atoms with Gasteiger partial charge in [0.2, 0.25) is 5.65 Å². The third-order valence-corrected chi connectivity index (χ3v) is 1.74. The molecule has 3 aromatic heterocycles. The van der Waals surface area contributed by atoms with E-state index in [-0.39, 0.29) is 0 Å². The lowest BCUT2D eigenvalue weighted by Crippen LogP contribution is -1.95. The van der Waals surface area contributed by atoms with Gasteiger partial charge >= 0.3 is 0 Å². The Bertz CT molecular complexity index is 577. The molecule has 3 rings (SSSR count). The zero-order valence-corrected chi connectivity index (χ0v) is 6.76. The first-order valence-electron chi connectivity index (χ1n) is 3.74. The smallest absolute Gasteiger partial charge is 0.274 e. The number of aromatic amines is 1. The molecule has 0 aliphatic heterocycles. The first-order valence-corrected chi connectivity index (χ1v) is 3.74. The number of hydrogen-bond donors (Lipinski definition) is 1. The van der Waals surface area contributed by atoms with Crippen LogP contribution in [-0.4, -0.2) is 34.8 Å². The molecule has 1 N–H and O–H groups in total. The van der Waals surface area contributed by atoms with Crippen LogP contribution in [0.1, 0.15) is 5.82 Å². The number of fused-ring (bicyclic) bond motifs is 3. The summed E-state index contributed by atoms with van der Waals surface area (Å²) in [5.74, 6) is 1.13. The van der Waals surface area contributed by atoms with Gasteiger partial charge in [0.1, 0.15) is 5.82 Å². The number of aromatic nitrogens is 7. The maximum absolute atomic E-state index is 4.13. The molecule has 0 spiro atoms. The molecule has 13 heavy (non-hydrogen) atoms. The maximum atomic E-state index is 4.13. The van der Waals surface area contributed by atoms with Crippen molar-refractivity contribution in [2.75, 3.05) is 0 Å². The Morgan fingerprint density at radius 2 is 2.31 bits per heavy atom. The number of nitrogens with one attached hydrogen (secondary N) is 1. The van der Waals surface area contributed by atoms with Gasteiger partial charge in [0.25, 0.3) is 5.78 Å². The summed E-state index contributed by atoms with van der Waals surface area (Å²) in [6, 6.07) is 0. The van der Waals surface area contributed by atoms with Crippen LogP contribution in [0.2, 0.25) is 0 Å². The van der Waals surface area contributed by atoms with Gasteiger partial charge in [0.15, 0.2) is 5.65 Å². The third-order valence-electron chi connectivity index (χ3n) is 1.74. The third kappa shape index (κ3) is 0.750. The molecule has 0 amide bonds. The minimum Gasteiger partial charge on any atom is -0.326 e. The SMILES string of the molecule is Cc1nc2nnc3[nH]cnc3n2n1. The number of nitrogens with zero attached hydrogens (tertiary/aromatic N) is 6. The summed E-state index contributed by atoms with van der Waals surface area (Å²) in [6.45, 7) is 1.80. The van der Waals surface area contributed by atoms with E-state index in [9.17, 15) is 0 Å². The Hall–Kier alpha value is -2.05. The van der Waals surface area contributed by atoms with Crippen LogP contribution in [0.4, 0.5) is 0 Å². The fraction of sp³-hybridized carbons (Fsp3) is 0.167. The Balaban J connectivity index is 2.64. The van der Waals surface area contributed by atoms with E-state index in [0.717, 1.165) is 0 Å². The Labute approximate surface area is 71.8 Å². The summed E-state index contributed by atoms with van der Waals surface area (Å²) in [7, 11) is 0. The molecule has 0 saturated carbocycles. The van der Waals surface area contributed by atoms with E-state index in [0.29, 0.717) is 22.9 Å². The molecule has 0 atom stereocenters. The predicted molar refractivity (Wildman–Crippen MR) is 43.0 cm³/mol. The highest BCUT2D eigenvalue weighted by Crippen LogP contribution is 2.05. The number of aryl methyl sites for hydroxylation is 1. The van der Waals surface area contributed by atoms with E-state index in [4.69, 9.17) is 0 Å². The molecule has 0 fully saturated rings. The molecule has 0 aliphatic carbocycles. The largest absolute Gasteiger partial charge is 0.326 e. The average molecular weight is 175 g/mol. The van der Waals surface area contributed by atoms with E-state index in [1.807, 2.05) is 0 Å². The summed E-state index contributed by atoms with van der Waals surface area (Å²) < 4.78 is 1.56. The van der Waals surface area contributed by atoms with Gasteiger partial charge in [-0.05, 0) is 6.92 Å². The number of rotatable bonds is 0. The van der Waals surface area contributed by atoms with Crippen molar-refractivity contribution < 1.29 is 0 Å². The van der Waals surface area contributed by atoms with Gasteiger partial charge in [-0.1, -0.05) is 0 Å². The molecule has 3 aromatic rings. The summed E-state index contributed by atoms with van der Waals surface area (Å²) in [6.07, 6.45) is 1.55. The normalized spacial score (nSPS) is 11.5. The molecule has 0 saturated heterocycles. The molecular weight excluding hydrogens is 170 g/mol. The molecule has 0 aromatic carbocycles. The average Bonchev–Trinajstić information content (AvgIpc) is 2.65. The molecule has 7 nitrogen and oxygen atoms in total. The standard InChI is InChI=1S/C6H5N7/c1-3-9-6-11-10-4-5(8-2-7-4)13(6)12-3/h2H,1H3,(H,7,8). The topological polar surface area (TPSA) is 84.6 Å². The lowest BCUT2D eigenvalue weighted by molar-refractivity contribution is 0.914. The molecule has 0 bridgehead atoms. The molecule has 3 heterocycles. The maximum Gasteiger partial charge on any atom is 0.274 e. The zero-order chi connectivity index (χ0) is 8.84. The van der Waals surface area contributed by atoms with Crippen molar-refractivity contribution in [2.45, 2.75) is 6.92 Å². The van der Waals surface area contributed by atoms with Crippen LogP contribution < -0.4 is 0 Å². The van der Waals surface area contributed by atoms with Gasteiger partial charge in [-0.2, -0.15) is 9.50 Å². The van der Waals surface area contributed by atoms with Crippen molar-refractivity contribution in [3.63, 3.8) is 0 Å². The minimum atomic E-state index is 0.470. The summed E-state index contributed by atoms with van der Waals surface area (Å²) in [5, 5.41) is 11.9. The second-order valence-electron chi connectivity index (χ2n) is 2.65. The molecule has 7 heteroatoms. The van der Waals surface area contributed by atoms with Crippen LogP contribution in [-0.2, 0) is 0 Å². The number of hydrogen-bond acceptors (Lipinski definition) is 5. The Morgan fingerprint density at radius 1 is 1.38 bits per heavy atom. The zero-order valence-electron chi connectivity index (χ0n) is 6.76. The van der Waals surface area contributed by atoms with E-state index in [1.165, 1.54) is 0 Å². The van der Waals surface area contributed by atoms with Gasteiger partial charge in [0.05, 0.1) is 6.33 Å². The number of H-pyrrole nitrogens is 1. The van der Waals surface area contributed by atoms with Crippen molar-refractivity contribution >= 4 is 17.1 Å². The molecule has 64 valence electrons. The predicted octanol–water partition coefficient (Wildman–Crippen LogP) is -0.296. The fourth-order valence-electron chi connectivity index (χ4n) is 1.21. The van der Waals surface area contributed by atoms with Crippen LogP contribution in [0.15, 0.2) is 6.33 Å². The van der Waals surface area contributed by atoms with Crippen LogP contribution in [0, 0.1) is 6.92 Å². The van der Waals surface area contributed by atoms with Crippen molar-refractivity contribution in [3.05, 3.63) is 12.2 Å². The fourth-order valence-corrected chi connectivity index (χ4v) is 1.21. The van der Waals surface area contributed by atoms with Gasteiger partial charge < -0.3 is 4.98 Å². The van der Waals surface area contributed by atoms with Crippen molar-refractivity contribution in [3.8, 4) is 0 Å². The van der Waals surface area contributed by atoms with Crippen LogP contribution in [0.3, 0.4) is 0 Å². The van der Waals surface area contributed by atoms with Gasteiger partial charge in [-0.3, -0.25) is 0 Å². The highest BCUT2D eigenvalue weighted by Gasteiger charge is 2.07. The minimum absolute atomic E-state index is 0.470. The van der Waals surface area contributed by atoms with Crippen LogP contribution >= 0.6 is 0 Å². The molecular formula is C6H5N7. The van der Waals surface area contributed by atoms with E-state index < -0.39 is 0 Å². The second kappa shape index (κ2) is 2.00. The molecule has 0 unspecified atom stereocenters. The summed E-state index contributed by atoms with van der Waals surface area (Å²) >= 11 is 0. The van der Waals surface area contributed by atoms with Gasteiger partial charge in [-0.25, -0.2) is 4.98 Å². The van der Waals surface area contributed by atoms with Crippen molar-refractivity contribution in [1.29, 1.82) is 0 Å². The van der Waals surface area contributed by atoms with Crippen LogP contribution in [0.5, 0.6) is 0 Å². The Morgan fingerprint density at radius 3 is 3.23 bits per heavy atom. The monoisotopic (exact) mass is 175 g/mol. The summed E-state index contributed by atoms with van der Waals surface area (Å²) in [4.78, 5) is 11.0. The van der Waals surface area contributed by atoms with Gasteiger partial charge in [0, 0.05) is 0 Å². The Kier molecular flexibility index (Phi) is 0.996. The summed E-state index contributed by atoms with van der Waals surface area (Å²) in [5.41, 5.74) is 1.25. The quantitative estimate of drug-likeness (QED) is 0.507. The highest BCUT2D eigenvalue weighted by molar-refractivity contribution is 5.66. The van der Waals surface area contributed by atoms with Gasteiger partial charge in [-0.15, -0.1) is 15.3 Å². The van der Waals surface area contributed by atoms with Crippen LogP contribution in [0.25, 0.3) is 17.1 Å². The lowest BCUT2D eigenvalue weighted by Gasteiger charge is -1.88. The molecule has 0 aliphatic rings.